The summed E-state index contributed by atoms with van der Waals surface area (Å²) in [4.78, 5) is 12.5. The summed E-state index contributed by atoms with van der Waals surface area (Å²) in [5, 5.41) is 0. The van der Waals surface area contributed by atoms with Crippen molar-refractivity contribution < 1.29 is 9.21 Å². The first-order valence-electron chi connectivity index (χ1n) is 5.81. The van der Waals surface area contributed by atoms with Crippen LogP contribution >= 0.6 is 0 Å². The maximum Gasteiger partial charge on any atom is 0.174 e. The first-order valence-corrected chi connectivity index (χ1v) is 5.81. The first kappa shape index (κ1) is 11.9. The normalized spacial score (nSPS) is 27.7. The van der Waals surface area contributed by atoms with Crippen LogP contribution in [-0.2, 0) is 6.42 Å². The summed E-state index contributed by atoms with van der Waals surface area (Å²) >= 11 is 0. The molecule has 0 saturated heterocycles. The number of hydrogen-bond acceptors (Lipinski definition) is 2. The fourth-order valence-corrected chi connectivity index (χ4v) is 2.83. The highest BCUT2D eigenvalue weighted by Crippen LogP contribution is 2.45. The van der Waals surface area contributed by atoms with Crippen LogP contribution in [0.2, 0.25) is 0 Å². The van der Waals surface area contributed by atoms with E-state index in [-0.39, 0.29) is 17.1 Å². The molecule has 0 fully saturated rings. The van der Waals surface area contributed by atoms with E-state index in [4.69, 9.17) is 4.42 Å². The van der Waals surface area contributed by atoms with E-state index in [0.717, 1.165) is 22.5 Å². The maximum absolute atomic E-state index is 12.5. The quantitative estimate of drug-likeness (QED) is 0.725. The van der Waals surface area contributed by atoms with Gasteiger partial charge in [0.1, 0.15) is 5.76 Å². The molecule has 2 atom stereocenters. The molecule has 0 N–H and O–H groups in total. The fraction of sp³-hybridized carbons (Fsp3) is 0.400. The number of rotatable bonds is 2. The third-order valence-electron chi connectivity index (χ3n) is 3.72. The lowest BCUT2D eigenvalue weighted by atomic mass is 9.64. The number of furan rings is 1. The summed E-state index contributed by atoms with van der Waals surface area (Å²) in [5.74, 6) is 0.712. The van der Waals surface area contributed by atoms with Gasteiger partial charge in [-0.3, -0.25) is 4.79 Å². The second-order valence-electron chi connectivity index (χ2n) is 5.25. The lowest BCUT2D eigenvalue weighted by Gasteiger charge is -2.37. The van der Waals surface area contributed by atoms with Gasteiger partial charge in [0.2, 0.25) is 0 Å². The first-order chi connectivity index (χ1) is 7.90. The monoisotopic (exact) mass is 230 g/mol. The van der Waals surface area contributed by atoms with Crippen LogP contribution in [0.15, 0.2) is 35.5 Å². The van der Waals surface area contributed by atoms with Crippen LogP contribution in [0.1, 0.15) is 35.5 Å². The molecule has 2 unspecified atom stereocenters. The molecule has 0 radical (unpaired) electrons. The minimum atomic E-state index is -0.291. The predicted octanol–water partition coefficient (Wildman–Crippen LogP) is 3.71. The Hall–Kier alpha value is -1.57. The van der Waals surface area contributed by atoms with Gasteiger partial charge in [-0.25, -0.2) is 0 Å². The van der Waals surface area contributed by atoms with Gasteiger partial charge in [-0.2, -0.15) is 0 Å². The van der Waals surface area contributed by atoms with E-state index in [9.17, 15) is 4.79 Å². The van der Waals surface area contributed by atoms with Crippen LogP contribution in [0, 0.1) is 18.3 Å². The van der Waals surface area contributed by atoms with Crippen LogP contribution in [-0.4, -0.2) is 5.78 Å². The molecule has 2 nitrogen and oxygen atoms in total. The Morgan fingerprint density at radius 2 is 2.29 bits per heavy atom. The Balaban J connectivity index is 2.62. The topological polar surface area (TPSA) is 30.2 Å². The Labute approximate surface area is 102 Å². The zero-order chi connectivity index (χ0) is 12.8. The minimum absolute atomic E-state index is 0.118. The molecule has 1 aromatic rings. The lowest BCUT2D eigenvalue weighted by molar-refractivity contribution is 0.0833. The highest BCUT2D eigenvalue weighted by atomic mass is 16.3. The molecule has 1 heterocycles. The van der Waals surface area contributed by atoms with E-state index >= 15 is 0 Å². The number of ketones is 1. The fourth-order valence-electron chi connectivity index (χ4n) is 2.83. The van der Waals surface area contributed by atoms with Crippen LogP contribution in [0.5, 0.6) is 0 Å². The Morgan fingerprint density at radius 3 is 2.82 bits per heavy atom. The van der Waals surface area contributed by atoms with Gasteiger partial charge >= 0.3 is 0 Å². The molecule has 0 spiro atoms. The van der Waals surface area contributed by atoms with E-state index in [2.05, 4.69) is 13.2 Å². The van der Waals surface area contributed by atoms with Crippen molar-refractivity contribution in [1.29, 1.82) is 0 Å². The molecule has 1 aliphatic carbocycles. The zero-order valence-corrected chi connectivity index (χ0v) is 10.7. The molecular formula is C15H18O2. The van der Waals surface area contributed by atoms with Gasteiger partial charge in [0.05, 0.1) is 17.7 Å². The predicted molar refractivity (Wildman–Crippen MR) is 68.1 cm³/mol. The number of allylic oxidation sites excluding steroid dienone is 2. The van der Waals surface area contributed by atoms with E-state index in [1.165, 1.54) is 0 Å². The van der Waals surface area contributed by atoms with Crippen molar-refractivity contribution in [1.82, 2.24) is 0 Å². The largest absolute Gasteiger partial charge is 0.468 e. The van der Waals surface area contributed by atoms with Crippen LogP contribution in [0.25, 0.3) is 0 Å². The Bertz CT molecular complexity index is 507. The molecule has 0 bridgehead atoms. The van der Waals surface area contributed by atoms with Gasteiger partial charge in [-0.15, -0.1) is 6.58 Å². The number of carbonyl (C=O) groups excluding carboxylic acids is 1. The van der Waals surface area contributed by atoms with E-state index in [0.29, 0.717) is 6.42 Å². The summed E-state index contributed by atoms with van der Waals surface area (Å²) in [6.07, 6.45) is 4.22. The smallest absolute Gasteiger partial charge is 0.174 e. The van der Waals surface area contributed by atoms with Gasteiger partial charge in [-0.05, 0) is 19.4 Å². The van der Waals surface area contributed by atoms with Crippen molar-refractivity contribution in [2.75, 3.05) is 0 Å². The maximum atomic E-state index is 12.5. The summed E-state index contributed by atoms with van der Waals surface area (Å²) < 4.78 is 5.48. The molecule has 1 aliphatic rings. The molecule has 2 heteroatoms. The zero-order valence-electron chi connectivity index (χ0n) is 10.7. The van der Waals surface area contributed by atoms with Crippen molar-refractivity contribution in [3.8, 4) is 0 Å². The van der Waals surface area contributed by atoms with Gasteiger partial charge < -0.3 is 4.42 Å². The molecule has 1 aromatic heterocycles. The second-order valence-corrected chi connectivity index (χ2v) is 5.25. The number of aryl methyl sites for hydroxylation is 1. The molecule has 0 aromatic carbocycles. The standard InChI is InChI=1S/C15H18O2/c1-6-15(5)7-11-12(10(4)8-17-11)14(16)13(15)9(2)3/h6,8,13H,1-2,7H2,3-5H3. The number of hydrogen-bond donors (Lipinski definition) is 0. The SMILES string of the molecule is C=CC1(C)Cc2occ(C)c2C(=O)C1C(=C)C. The van der Waals surface area contributed by atoms with E-state index in [1.54, 1.807) is 6.26 Å². The molecule has 2 rings (SSSR count). The molecular weight excluding hydrogens is 212 g/mol. The van der Waals surface area contributed by atoms with Crippen LogP contribution < -0.4 is 0 Å². The average Bonchev–Trinajstić information content (AvgIpc) is 2.59. The van der Waals surface area contributed by atoms with Gasteiger partial charge in [0.15, 0.2) is 5.78 Å². The van der Waals surface area contributed by atoms with Crippen LogP contribution in [0.3, 0.4) is 0 Å². The Morgan fingerprint density at radius 1 is 1.65 bits per heavy atom. The molecule has 0 aliphatic heterocycles. The average molecular weight is 230 g/mol. The molecule has 0 amide bonds. The molecule has 17 heavy (non-hydrogen) atoms. The summed E-state index contributed by atoms with van der Waals surface area (Å²) in [6, 6.07) is 0. The van der Waals surface area contributed by atoms with Crippen molar-refractivity contribution in [2.45, 2.75) is 27.2 Å². The van der Waals surface area contributed by atoms with Gasteiger partial charge in [0.25, 0.3) is 0 Å². The lowest BCUT2D eigenvalue weighted by Crippen LogP contribution is -2.39. The van der Waals surface area contributed by atoms with Crippen molar-refractivity contribution in [2.24, 2.45) is 11.3 Å². The third kappa shape index (κ3) is 1.59. The second kappa shape index (κ2) is 3.73. The summed E-state index contributed by atoms with van der Waals surface area (Å²) in [6.45, 7) is 13.7. The summed E-state index contributed by atoms with van der Waals surface area (Å²) in [5.41, 5.74) is 2.27. The highest BCUT2D eigenvalue weighted by molar-refractivity contribution is 6.03. The van der Waals surface area contributed by atoms with E-state index in [1.807, 2.05) is 26.8 Å². The Kier molecular flexibility index (Phi) is 2.61. The van der Waals surface area contributed by atoms with Gasteiger partial charge in [0, 0.05) is 11.8 Å². The molecule has 90 valence electrons. The minimum Gasteiger partial charge on any atom is -0.468 e. The van der Waals surface area contributed by atoms with Crippen LogP contribution in [0.4, 0.5) is 0 Å². The number of fused-ring (bicyclic) bond motifs is 1. The van der Waals surface area contributed by atoms with Gasteiger partial charge in [-0.1, -0.05) is 25.2 Å². The van der Waals surface area contributed by atoms with Crippen molar-refractivity contribution >= 4 is 5.78 Å². The molecule has 0 saturated carbocycles. The highest BCUT2D eigenvalue weighted by Gasteiger charge is 2.45. The van der Waals surface area contributed by atoms with Crippen molar-refractivity contribution in [3.63, 3.8) is 0 Å². The number of carbonyl (C=O) groups is 1. The summed E-state index contributed by atoms with van der Waals surface area (Å²) in [7, 11) is 0. The van der Waals surface area contributed by atoms with Crippen molar-refractivity contribution in [3.05, 3.63) is 48.0 Å². The third-order valence-corrected chi connectivity index (χ3v) is 3.72. The van der Waals surface area contributed by atoms with E-state index < -0.39 is 0 Å². The number of Topliss-reactive ketones (excluding diaryl/α,β-unsaturated/α-hetero) is 1.